The van der Waals surface area contributed by atoms with Gasteiger partial charge in [-0.25, -0.2) is 4.79 Å². The van der Waals surface area contributed by atoms with Gasteiger partial charge in [-0.3, -0.25) is 0 Å². The summed E-state index contributed by atoms with van der Waals surface area (Å²) in [5.41, 5.74) is 3.20. The van der Waals surface area contributed by atoms with Gasteiger partial charge in [-0.05, 0) is 24.5 Å². The number of rotatable bonds is 2. The Labute approximate surface area is 142 Å². The second-order valence-corrected chi connectivity index (χ2v) is 6.82. The van der Waals surface area contributed by atoms with E-state index in [0.717, 1.165) is 56.0 Å². The van der Waals surface area contributed by atoms with Crippen molar-refractivity contribution in [1.29, 1.82) is 0 Å². The van der Waals surface area contributed by atoms with E-state index < -0.39 is 0 Å². The summed E-state index contributed by atoms with van der Waals surface area (Å²) >= 11 is 0. The number of hydrogen-bond donors (Lipinski definition) is 1. The molecule has 4 rings (SSSR count). The molecular weight excluding hydrogens is 300 g/mol. The lowest BCUT2D eigenvalue weighted by Gasteiger charge is -2.22. The molecule has 1 spiro atoms. The number of ether oxygens (including phenoxy) is 1. The molecule has 4 nitrogen and oxygen atoms in total. The Kier molecular flexibility index (Phi) is 3.98. The zero-order valence-electron chi connectivity index (χ0n) is 13.7. The Morgan fingerprint density at radius 2 is 1.83 bits per heavy atom. The Bertz CT molecular complexity index is 723. The molecule has 0 unspecified atom stereocenters. The minimum atomic E-state index is -0.0119. The second-order valence-electron chi connectivity index (χ2n) is 6.82. The third-order valence-corrected chi connectivity index (χ3v) is 5.16. The first-order valence-electron chi connectivity index (χ1n) is 8.54. The molecule has 0 bridgehead atoms. The summed E-state index contributed by atoms with van der Waals surface area (Å²) in [5.74, 6) is 0. The highest BCUT2D eigenvalue weighted by Crippen LogP contribution is 2.38. The topological polar surface area (TPSA) is 41.6 Å². The molecule has 1 atom stereocenters. The highest BCUT2D eigenvalue weighted by Gasteiger charge is 2.42. The standard InChI is InChI=1S/C20H22N2O2/c23-19(22-12-10-20(14-22)11-13-24-15-20)21-18-9-5-4-8-17(18)16-6-2-1-3-7-16/h1-9H,10-15H2,(H,21,23)/t20-/m1/s1. The van der Waals surface area contributed by atoms with Crippen molar-refractivity contribution in [3.8, 4) is 11.1 Å². The Hall–Kier alpha value is -2.33. The summed E-state index contributed by atoms with van der Waals surface area (Å²) in [6.45, 7) is 3.22. The van der Waals surface area contributed by atoms with Crippen LogP contribution in [0.1, 0.15) is 12.8 Å². The van der Waals surface area contributed by atoms with Crippen molar-refractivity contribution in [2.24, 2.45) is 5.41 Å². The highest BCUT2D eigenvalue weighted by molar-refractivity contribution is 5.94. The van der Waals surface area contributed by atoms with E-state index in [0.29, 0.717) is 0 Å². The molecule has 2 saturated heterocycles. The summed E-state index contributed by atoms with van der Waals surface area (Å²) in [4.78, 5) is 14.6. The molecule has 2 aliphatic heterocycles. The van der Waals surface area contributed by atoms with Gasteiger partial charge in [-0.15, -0.1) is 0 Å². The lowest BCUT2D eigenvalue weighted by molar-refractivity contribution is 0.154. The maximum Gasteiger partial charge on any atom is 0.321 e. The first kappa shape index (κ1) is 15.2. The van der Waals surface area contributed by atoms with E-state index in [2.05, 4.69) is 17.4 Å². The summed E-state index contributed by atoms with van der Waals surface area (Å²) in [5, 5.41) is 3.10. The van der Waals surface area contributed by atoms with E-state index in [-0.39, 0.29) is 11.4 Å². The molecule has 2 heterocycles. The first-order chi connectivity index (χ1) is 11.8. The van der Waals surface area contributed by atoms with Crippen molar-refractivity contribution in [1.82, 2.24) is 4.90 Å². The van der Waals surface area contributed by atoms with Crippen molar-refractivity contribution < 1.29 is 9.53 Å². The SMILES string of the molecule is O=C(Nc1ccccc1-c1ccccc1)N1CC[C@@]2(CCOC2)C1. The van der Waals surface area contributed by atoms with Crippen LogP contribution in [0.3, 0.4) is 0 Å². The smallest absolute Gasteiger partial charge is 0.321 e. The molecule has 4 heteroatoms. The molecule has 1 N–H and O–H groups in total. The molecular formula is C20H22N2O2. The van der Waals surface area contributed by atoms with Gasteiger partial charge >= 0.3 is 6.03 Å². The predicted molar refractivity (Wildman–Crippen MR) is 95.0 cm³/mol. The number of para-hydroxylation sites is 1. The number of amides is 2. The van der Waals surface area contributed by atoms with E-state index in [1.54, 1.807) is 0 Å². The van der Waals surface area contributed by atoms with E-state index >= 15 is 0 Å². The van der Waals surface area contributed by atoms with Gasteiger partial charge in [0.2, 0.25) is 0 Å². The molecule has 2 aliphatic rings. The van der Waals surface area contributed by atoms with Crippen molar-refractivity contribution in [3.63, 3.8) is 0 Å². The summed E-state index contributed by atoms with van der Waals surface area (Å²) < 4.78 is 5.55. The second kappa shape index (κ2) is 6.29. The van der Waals surface area contributed by atoms with Gasteiger partial charge in [0.15, 0.2) is 0 Å². The van der Waals surface area contributed by atoms with Gasteiger partial charge in [0.1, 0.15) is 0 Å². The Morgan fingerprint density at radius 3 is 2.62 bits per heavy atom. The van der Waals surface area contributed by atoms with Crippen LogP contribution in [-0.4, -0.2) is 37.2 Å². The van der Waals surface area contributed by atoms with E-state index in [4.69, 9.17) is 4.74 Å². The van der Waals surface area contributed by atoms with Gasteiger partial charge in [-0.1, -0.05) is 48.5 Å². The lowest BCUT2D eigenvalue weighted by atomic mass is 9.87. The molecule has 0 aliphatic carbocycles. The van der Waals surface area contributed by atoms with Crippen LogP contribution in [0.2, 0.25) is 0 Å². The Morgan fingerprint density at radius 1 is 1.04 bits per heavy atom. The fourth-order valence-electron chi connectivity index (χ4n) is 3.74. The van der Waals surface area contributed by atoms with Crippen LogP contribution in [0.25, 0.3) is 11.1 Å². The average molecular weight is 322 g/mol. The molecule has 0 saturated carbocycles. The molecule has 2 fully saturated rings. The molecule has 2 aromatic carbocycles. The van der Waals surface area contributed by atoms with Gasteiger partial charge in [0, 0.05) is 30.7 Å². The number of carbonyl (C=O) groups is 1. The minimum Gasteiger partial charge on any atom is -0.381 e. The summed E-state index contributed by atoms with van der Waals surface area (Å²) in [6, 6.07) is 18.1. The molecule has 0 radical (unpaired) electrons. The number of likely N-dealkylation sites (tertiary alicyclic amines) is 1. The van der Waals surface area contributed by atoms with Crippen LogP contribution in [0, 0.1) is 5.41 Å². The number of carbonyl (C=O) groups excluding carboxylic acids is 1. The number of anilines is 1. The maximum atomic E-state index is 12.7. The van der Waals surface area contributed by atoms with Crippen LogP contribution in [0.4, 0.5) is 10.5 Å². The quantitative estimate of drug-likeness (QED) is 0.908. The molecule has 2 amide bonds. The normalized spacial score (nSPS) is 22.9. The van der Waals surface area contributed by atoms with Gasteiger partial charge in [0.05, 0.1) is 12.3 Å². The fraction of sp³-hybridized carbons (Fsp3) is 0.350. The maximum absolute atomic E-state index is 12.7. The third kappa shape index (κ3) is 2.89. The van der Waals surface area contributed by atoms with Gasteiger partial charge in [-0.2, -0.15) is 0 Å². The van der Waals surface area contributed by atoms with E-state index in [1.165, 1.54) is 0 Å². The van der Waals surface area contributed by atoms with Crippen LogP contribution in [-0.2, 0) is 4.74 Å². The Balaban J connectivity index is 1.51. The van der Waals surface area contributed by atoms with Crippen LogP contribution in [0.15, 0.2) is 54.6 Å². The van der Waals surface area contributed by atoms with Crippen molar-refractivity contribution in [2.45, 2.75) is 12.8 Å². The largest absolute Gasteiger partial charge is 0.381 e. The summed E-state index contributed by atoms with van der Waals surface area (Å²) in [6.07, 6.45) is 2.11. The van der Waals surface area contributed by atoms with Crippen LogP contribution < -0.4 is 5.32 Å². The first-order valence-corrected chi connectivity index (χ1v) is 8.54. The summed E-state index contributed by atoms with van der Waals surface area (Å²) in [7, 11) is 0. The zero-order chi connectivity index (χ0) is 16.4. The molecule has 24 heavy (non-hydrogen) atoms. The monoisotopic (exact) mass is 322 g/mol. The predicted octanol–water partition coefficient (Wildman–Crippen LogP) is 4.00. The zero-order valence-corrected chi connectivity index (χ0v) is 13.7. The van der Waals surface area contributed by atoms with E-state index in [1.807, 2.05) is 47.4 Å². The van der Waals surface area contributed by atoms with Crippen LogP contribution in [0.5, 0.6) is 0 Å². The van der Waals surface area contributed by atoms with Gasteiger partial charge in [0.25, 0.3) is 0 Å². The molecule has 2 aromatic rings. The molecule has 124 valence electrons. The third-order valence-electron chi connectivity index (χ3n) is 5.16. The number of hydrogen-bond acceptors (Lipinski definition) is 2. The highest BCUT2D eigenvalue weighted by atomic mass is 16.5. The van der Waals surface area contributed by atoms with Crippen molar-refractivity contribution >= 4 is 11.7 Å². The van der Waals surface area contributed by atoms with Crippen LogP contribution >= 0.6 is 0 Å². The average Bonchev–Trinajstić information content (AvgIpc) is 3.26. The lowest BCUT2D eigenvalue weighted by Crippen LogP contribution is -2.35. The van der Waals surface area contributed by atoms with Crippen molar-refractivity contribution in [3.05, 3.63) is 54.6 Å². The number of urea groups is 1. The number of nitrogens with zero attached hydrogens (tertiary/aromatic N) is 1. The number of nitrogens with one attached hydrogen (secondary N) is 1. The van der Waals surface area contributed by atoms with E-state index in [9.17, 15) is 4.79 Å². The minimum absolute atomic E-state index is 0.0119. The number of benzene rings is 2. The fourth-order valence-corrected chi connectivity index (χ4v) is 3.74. The van der Waals surface area contributed by atoms with Crippen molar-refractivity contribution in [2.75, 3.05) is 31.6 Å². The van der Waals surface area contributed by atoms with Gasteiger partial charge < -0.3 is 15.0 Å². The molecule has 0 aromatic heterocycles.